The predicted molar refractivity (Wildman–Crippen MR) is 75.1 cm³/mol. The van der Waals surface area contributed by atoms with Crippen LogP contribution in [0.15, 0.2) is 17.3 Å². The number of aromatic nitrogens is 4. The van der Waals surface area contributed by atoms with Crippen molar-refractivity contribution in [2.45, 2.75) is 26.8 Å². The molecule has 0 aromatic carbocycles. The summed E-state index contributed by atoms with van der Waals surface area (Å²) in [6.07, 6.45) is 4.32. The van der Waals surface area contributed by atoms with E-state index in [1.165, 1.54) is 0 Å². The van der Waals surface area contributed by atoms with Crippen molar-refractivity contribution in [3.63, 3.8) is 0 Å². The zero-order chi connectivity index (χ0) is 13.8. The molecule has 6 heteroatoms. The van der Waals surface area contributed by atoms with E-state index in [0.717, 1.165) is 19.5 Å². The Labute approximate surface area is 112 Å². The molecule has 1 unspecified atom stereocenters. The molecule has 1 N–H and O–H groups in total. The van der Waals surface area contributed by atoms with Gasteiger partial charge in [-0.25, -0.2) is 4.98 Å². The van der Waals surface area contributed by atoms with Crippen molar-refractivity contribution in [1.29, 1.82) is 0 Å². The molecule has 0 aliphatic heterocycles. The largest absolute Gasteiger partial charge is 0.316 e. The quantitative estimate of drug-likeness (QED) is 0.782. The van der Waals surface area contributed by atoms with E-state index in [1.54, 1.807) is 28.8 Å². The number of nitrogens with zero attached hydrogens (tertiary/aromatic N) is 4. The maximum absolute atomic E-state index is 12.3. The number of hydrogen-bond donors (Lipinski definition) is 1. The standard InChI is InChI=1S/C13H21N5O/c1-4-5-14-6-10(2)8-18-9-15-12-11(13(18)19)7-16-17(12)3/h7,9-10,14H,4-6,8H2,1-3H3. The average Bonchev–Trinajstić information content (AvgIpc) is 2.76. The SMILES string of the molecule is CCCNCC(C)Cn1cnc2c(cnn2C)c1=O. The van der Waals surface area contributed by atoms with Gasteiger partial charge < -0.3 is 5.32 Å². The summed E-state index contributed by atoms with van der Waals surface area (Å²) in [5, 5.41) is 8.01. The van der Waals surface area contributed by atoms with Crippen LogP contribution >= 0.6 is 0 Å². The van der Waals surface area contributed by atoms with E-state index < -0.39 is 0 Å². The highest BCUT2D eigenvalue weighted by atomic mass is 16.1. The van der Waals surface area contributed by atoms with Crippen LogP contribution in [-0.2, 0) is 13.6 Å². The Bertz CT molecular complexity index is 601. The fourth-order valence-corrected chi connectivity index (χ4v) is 2.12. The van der Waals surface area contributed by atoms with Gasteiger partial charge in [-0.3, -0.25) is 14.0 Å². The van der Waals surface area contributed by atoms with Crippen molar-refractivity contribution in [3.05, 3.63) is 22.9 Å². The van der Waals surface area contributed by atoms with Crippen LogP contribution in [0.2, 0.25) is 0 Å². The molecule has 2 aromatic heterocycles. The van der Waals surface area contributed by atoms with Gasteiger partial charge in [-0.05, 0) is 25.4 Å². The van der Waals surface area contributed by atoms with Gasteiger partial charge in [-0.2, -0.15) is 5.10 Å². The van der Waals surface area contributed by atoms with Gasteiger partial charge in [0.2, 0.25) is 0 Å². The number of fused-ring (bicyclic) bond motifs is 1. The number of aryl methyl sites for hydroxylation is 1. The van der Waals surface area contributed by atoms with Gasteiger partial charge in [0.1, 0.15) is 5.39 Å². The van der Waals surface area contributed by atoms with E-state index in [1.807, 2.05) is 0 Å². The molecule has 0 saturated heterocycles. The van der Waals surface area contributed by atoms with Crippen LogP contribution in [0.4, 0.5) is 0 Å². The third-order valence-electron chi connectivity index (χ3n) is 3.15. The highest BCUT2D eigenvalue weighted by Crippen LogP contribution is 2.04. The van der Waals surface area contributed by atoms with Crippen molar-refractivity contribution in [1.82, 2.24) is 24.6 Å². The summed E-state index contributed by atoms with van der Waals surface area (Å²) in [6, 6.07) is 0. The topological polar surface area (TPSA) is 64.7 Å². The molecule has 0 spiro atoms. The normalized spacial score (nSPS) is 13.0. The van der Waals surface area contributed by atoms with E-state index in [9.17, 15) is 4.79 Å². The summed E-state index contributed by atoms with van der Waals surface area (Å²) in [5.74, 6) is 0.389. The minimum absolute atomic E-state index is 0.0135. The fourth-order valence-electron chi connectivity index (χ4n) is 2.12. The van der Waals surface area contributed by atoms with Crippen molar-refractivity contribution in [2.75, 3.05) is 13.1 Å². The van der Waals surface area contributed by atoms with E-state index >= 15 is 0 Å². The van der Waals surface area contributed by atoms with Gasteiger partial charge in [0, 0.05) is 13.6 Å². The Hall–Kier alpha value is -1.69. The lowest BCUT2D eigenvalue weighted by molar-refractivity contribution is 0.438. The van der Waals surface area contributed by atoms with Gasteiger partial charge in [-0.1, -0.05) is 13.8 Å². The summed E-state index contributed by atoms with van der Waals surface area (Å²) in [4.78, 5) is 16.6. The van der Waals surface area contributed by atoms with Crippen LogP contribution in [0.5, 0.6) is 0 Å². The summed E-state index contributed by atoms with van der Waals surface area (Å²) >= 11 is 0. The Kier molecular flexibility index (Phi) is 4.31. The van der Waals surface area contributed by atoms with Crippen LogP contribution in [-0.4, -0.2) is 32.4 Å². The first kappa shape index (κ1) is 13.7. The smallest absolute Gasteiger partial charge is 0.264 e. The zero-order valence-corrected chi connectivity index (χ0v) is 11.8. The Morgan fingerprint density at radius 1 is 1.47 bits per heavy atom. The van der Waals surface area contributed by atoms with E-state index in [-0.39, 0.29) is 5.56 Å². The lowest BCUT2D eigenvalue weighted by Gasteiger charge is -2.13. The summed E-state index contributed by atoms with van der Waals surface area (Å²) < 4.78 is 3.29. The molecule has 0 aliphatic rings. The fraction of sp³-hybridized carbons (Fsp3) is 0.615. The van der Waals surface area contributed by atoms with Crippen LogP contribution in [0.25, 0.3) is 11.0 Å². The third kappa shape index (κ3) is 3.01. The average molecular weight is 263 g/mol. The van der Waals surface area contributed by atoms with Crippen molar-refractivity contribution < 1.29 is 0 Å². The van der Waals surface area contributed by atoms with Crippen LogP contribution < -0.4 is 10.9 Å². The van der Waals surface area contributed by atoms with Crippen molar-refractivity contribution in [3.8, 4) is 0 Å². The van der Waals surface area contributed by atoms with Crippen molar-refractivity contribution >= 4 is 11.0 Å². The van der Waals surface area contributed by atoms with Crippen LogP contribution in [0.1, 0.15) is 20.3 Å². The summed E-state index contributed by atoms with van der Waals surface area (Å²) in [6.45, 7) is 6.86. The maximum atomic E-state index is 12.3. The van der Waals surface area contributed by atoms with Gasteiger partial charge in [0.25, 0.3) is 5.56 Å². The Morgan fingerprint density at radius 2 is 2.26 bits per heavy atom. The molecule has 19 heavy (non-hydrogen) atoms. The van der Waals surface area contributed by atoms with Gasteiger partial charge in [0.05, 0.1) is 12.5 Å². The minimum Gasteiger partial charge on any atom is -0.316 e. The minimum atomic E-state index is -0.0135. The van der Waals surface area contributed by atoms with Crippen LogP contribution in [0, 0.1) is 5.92 Å². The highest BCUT2D eigenvalue weighted by Gasteiger charge is 2.10. The second-order valence-electron chi connectivity index (χ2n) is 5.02. The molecular weight excluding hydrogens is 242 g/mol. The number of nitrogens with one attached hydrogen (secondary N) is 1. The third-order valence-corrected chi connectivity index (χ3v) is 3.15. The second kappa shape index (κ2) is 5.97. The molecule has 2 heterocycles. The van der Waals surface area contributed by atoms with E-state index in [0.29, 0.717) is 23.5 Å². The van der Waals surface area contributed by atoms with E-state index in [4.69, 9.17) is 0 Å². The number of rotatable bonds is 6. The summed E-state index contributed by atoms with van der Waals surface area (Å²) in [5.41, 5.74) is 0.624. The monoisotopic (exact) mass is 263 g/mol. The molecule has 2 rings (SSSR count). The molecule has 0 saturated carbocycles. The van der Waals surface area contributed by atoms with E-state index in [2.05, 4.69) is 29.2 Å². The number of hydrogen-bond acceptors (Lipinski definition) is 4. The molecule has 6 nitrogen and oxygen atoms in total. The summed E-state index contributed by atoms with van der Waals surface area (Å²) in [7, 11) is 1.79. The predicted octanol–water partition coefficient (Wildman–Crippen LogP) is 0.766. The molecule has 2 aromatic rings. The lowest BCUT2D eigenvalue weighted by atomic mass is 10.2. The molecular formula is C13H21N5O. The molecule has 0 aliphatic carbocycles. The first-order chi connectivity index (χ1) is 9.13. The lowest BCUT2D eigenvalue weighted by Crippen LogP contribution is -2.29. The second-order valence-corrected chi connectivity index (χ2v) is 5.02. The van der Waals surface area contributed by atoms with Crippen LogP contribution in [0.3, 0.4) is 0 Å². The molecule has 0 bridgehead atoms. The van der Waals surface area contributed by atoms with Crippen molar-refractivity contribution in [2.24, 2.45) is 13.0 Å². The first-order valence-electron chi connectivity index (χ1n) is 6.71. The molecule has 0 fully saturated rings. The zero-order valence-electron chi connectivity index (χ0n) is 11.8. The van der Waals surface area contributed by atoms with Gasteiger partial charge >= 0.3 is 0 Å². The first-order valence-corrected chi connectivity index (χ1v) is 6.71. The molecule has 1 atom stereocenters. The molecule has 0 radical (unpaired) electrons. The highest BCUT2D eigenvalue weighted by molar-refractivity contribution is 5.72. The van der Waals surface area contributed by atoms with Gasteiger partial charge in [0.15, 0.2) is 5.65 Å². The molecule has 104 valence electrons. The van der Waals surface area contributed by atoms with Gasteiger partial charge in [-0.15, -0.1) is 0 Å². The Balaban J connectivity index is 2.13. The Morgan fingerprint density at radius 3 is 3.00 bits per heavy atom. The molecule has 0 amide bonds. The maximum Gasteiger partial charge on any atom is 0.264 e.